The molecular formula is C26H24FNO4. The Hall–Kier alpha value is -3.48. The van der Waals surface area contributed by atoms with Gasteiger partial charge in [-0.25, -0.2) is 9.18 Å². The number of hydrogen-bond donors (Lipinski definition) is 1. The van der Waals surface area contributed by atoms with Gasteiger partial charge in [-0.05, 0) is 53.6 Å². The number of ether oxygens (including phenoxy) is 1. The summed E-state index contributed by atoms with van der Waals surface area (Å²) in [5, 5.41) is 10.1. The molecule has 0 spiro atoms. The summed E-state index contributed by atoms with van der Waals surface area (Å²) in [6, 6.07) is 21.3. The van der Waals surface area contributed by atoms with Crippen molar-refractivity contribution in [3.63, 3.8) is 0 Å². The van der Waals surface area contributed by atoms with Gasteiger partial charge in [0.2, 0.25) is 0 Å². The van der Waals surface area contributed by atoms with Crippen LogP contribution < -0.4 is 10.4 Å². The molecule has 0 atom stereocenters. The molecule has 6 heteroatoms. The van der Waals surface area contributed by atoms with Crippen LogP contribution in [0.5, 0.6) is 5.75 Å². The summed E-state index contributed by atoms with van der Waals surface area (Å²) in [6.45, 7) is 1.55. The SMILES string of the molecule is CN(Cc1ccc(COc2ccc3c(CO)cc(=O)oc3c2)cc1)Cc1cccc(F)c1. The maximum Gasteiger partial charge on any atom is 0.336 e. The summed E-state index contributed by atoms with van der Waals surface area (Å²) >= 11 is 0. The number of aliphatic hydroxyl groups excluding tert-OH is 1. The Morgan fingerprint density at radius 3 is 2.44 bits per heavy atom. The largest absolute Gasteiger partial charge is 0.489 e. The molecule has 0 saturated heterocycles. The van der Waals surface area contributed by atoms with Crippen LogP contribution in [0.1, 0.15) is 22.3 Å². The highest BCUT2D eigenvalue weighted by Gasteiger charge is 2.07. The molecule has 4 rings (SSSR count). The zero-order valence-corrected chi connectivity index (χ0v) is 17.8. The van der Waals surface area contributed by atoms with Crippen molar-refractivity contribution in [1.82, 2.24) is 4.90 Å². The highest BCUT2D eigenvalue weighted by atomic mass is 19.1. The highest BCUT2D eigenvalue weighted by molar-refractivity contribution is 5.81. The van der Waals surface area contributed by atoms with E-state index in [1.165, 1.54) is 12.1 Å². The molecule has 3 aromatic carbocycles. The molecule has 0 radical (unpaired) electrons. The topological polar surface area (TPSA) is 62.9 Å². The lowest BCUT2D eigenvalue weighted by Gasteiger charge is -2.17. The van der Waals surface area contributed by atoms with Crippen LogP contribution in [0.25, 0.3) is 11.0 Å². The van der Waals surface area contributed by atoms with E-state index in [9.17, 15) is 14.3 Å². The third-order valence-corrected chi connectivity index (χ3v) is 5.19. The maximum absolute atomic E-state index is 13.4. The summed E-state index contributed by atoms with van der Waals surface area (Å²) in [5.74, 6) is 0.359. The Morgan fingerprint density at radius 2 is 1.69 bits per heavy atom. The molecule has 1 aromatic heterocycles. The lowest BCUT2D eigenvalue weighted by atomic mass is 10.1. The summed E-state index contributed by atoms with van der Waals surface area (Å²) in [6.07, 6.45) is 0. The van der Waals surface area contributed by atoms with Crippen LogP contribution in [0.15, 0.2) is 82.0 Å². The zero-order chi connectivity index (χ0) is 22.5. The average molecular weight is 433 g/mol. The fourth-order valence-electron chi connectivity index (χ4n) is 3.65. The first-order chi connectivity index (χ1) is 15.5. The van der Waals surface area contributed by atoms with Crippen LogP contribution in [-0.4, -0.2) is 17.1 Å². The van der Waals surface area contributed by atoms with Gasteiger partial charge in [-0.2, -0.15) is 0 Å². The molecule has 0 bridgehead atoms. The molecule has 0 aliphatic heterocycles. The van der Waals surface area contributed by atoms with Gasteiger partial charge >= 0.3 is 5.63 Å². The normalized spacial score (nSPS) is 11.2. The van der Waals surface area contributed by atoms with Crippen LogP contribution in [0, 0.1) is 5.82 Å². The third-order valence-electron chi connectivity index (χ3n) is 5.19. The predicted molar refractivity (Wildman–Crippen MR) is 121 cm³/mol. The van der Waals surface area contributed by atoms with E-state index < -0.39 is 5.63 Å². The van der Waals surface area contributed by atoms with Crippen LogP contribution in [-0.2, 0) is 26.3 Å². The van der Waals surface area contributed by atoms with Crippen LogP contribution >= 0.6 is 0 Å². The number of fused-ring (bicyclic) bond motifs is 1. The number of aliphatic hydroxyl groups is 1. The molecule has 5 nitrogen and oxygen atoms in total. The van der Waals surface area contributed by atoms with Gasteiger partial charge in [0.05, 0.1) is 6.61 Å². The average Bonchev–Trinajstić information content (AvgIpc) is 2.77. The fourth-order valence-corrected chi connectivity index (χ4v) is 3.65. The fraction of sp³-hybridized carbons (Fsp3) is 0.192. The van der Waals surface area contributed by atoms with Crippen molar-refractivity contribution in [2.75, 3.05) is 7.05 Å². The minimum absolute atomic E-state index is 0.220. The van der Waals surface area contributed by atoms with Gasteiger partial charge in [-0.3, -0.25) is 4.90 Å². The zero-order valence-electron chi connectivity index (χ0n) is 17.8. The first kappa shape index (κ1) is 21.7. The van der Waals surface area contributed by atoms with E-state index in [0.717, 1.165) is 23.2 Å². The van der Waals surface area contributed by atoms with Gasteiger partial charge in [0.15, 0.2) is 0 Å². The van der Waals surface area contributed by atoms with E-state index >= 15 is 0 Å². The van der Waals surface area contributed by atoms with Gasteiger partial charge < -0.3 is 14.3 Å². The molecule has 4 aromatic rings. The van der Waals surface area contributed by atoms with E-state index in [0.29, 0.717) is 35.4 Å². The van der Waals surface area contributed by atoms with Gasteiger partial charge in [-0.15, -0.1) is 0 Å². The molecule has 0 aliphatic rings. The monoisotopic (exact) mass is 433 g/mol. The van der Waals surface area contributed by atoms with E-state index in [1.807, 2.05) is 37.4 Å². The minimum Gasteiger partial charge on any atom is -0.489 e. The van der Waals surface area contributed by atoms with E-state index in [-0.39, 0.29) is 12.4 Å². The van der Waals surface area contributed by atoms with Crippen molar-refractivity contribution in [1.29, 1.82) is 0 Å². The first-order valence-corrected chi connectivity index (χ1v) is 10.3. The maximum atomic E-state index is 13.4. The van der Waals surface area contributed by atoms with Gasteiger partial charge in [0.25, 0.3) is 0 Å². The number of benzene rings is 3. The van der Waals surface area contributed by atoms with Crippen molar-refractivity contribution in [3.8, 4) is 5.75 Å². The summed E-state index contributed by atoms with van der Waals surface area (Å²) < 4.78 is 24.4. The number of nitrogens with zero attached hydrogens (tertiary/aromatic N) is 1. The second-order valence-electron chi connectivity index (χ2n) is 7.81. The molecule has 0 aliphatic carbocycles. The summed E-state index contributed by atoms with van der Waals surface area (Å²) in [5.41, 5.74) is 3.51. The Morgan fingerprint density at radius 1 is 0.938 bits per heavy atom. The van der Waals surface area contributed by atoms with Crippen molar-refractivity contribution < 1.29 is 18.7 Å². The Bertz CT molecular complexity index is 1270. The molecule has 1 heterocycles. The lowest BCUT2D eigenvalue weighted by molar-refractivity contribution is 0.282. The Labute approximate surface area is 185 Å². The molecule has 0 saturated carbocycles. The molecule has 32 heavy (non-hydrogen) atoms. The predicted octanol–water partition coefficient (Wildman–Crippen LogP) is 4.64. The number of halogens is 1. The molecule has 164 valence electrons. The quantitative estimate of drug-likeness (QED) is 0.411. The second-order valence-corrected chi connectivity index (χ2v) is 7.81. The van der Waals surface area contributed by atoms with Crippen LogP contribution in [0.3, 0.4) is 0 Å². The number of hydrogen-bond acceptors (Lipinski definition) is 5. The van der Waals surface area contributed by atoms with E-state index in [4.69, 9.17) is 9.15 Å². The van der Waals surface area contributed by atoms with Gasteiger partial charge in [0.1, 0.15) is 23.8 Å². The van der Waals surface area contributed by atoms with Gasteiger partial charge in [-0.1, -0.05) is 36.4 Å². The van der Waals surface area contributed by atoms with Crippen molar-refractivity contribution in [2.24, 2.45) is 0 Å². The molecule has 0 unspecified atom stereocenters. The third kappa shape index (κ3) is 5.41. The summed E-state index contributed by atoms with van der Waals surface area (Å²) in [4.78, 5) is 13.8. The second kappa shape index (κ2) is 9.77. The standard InChI is InChI=1S/C26H24FNO4/c1-28(15-20-3-2-4-22(27)11-20)14-18-5-7-19(8-6-18)17-31-23-9-10-24-21(16-29)12-26(30)32-25(24)13-23/h2-13,29H,14-17H2,1H3. The van der Waals surface area contributed by atoms with Crippen molar-refractivity contribution >= 4 is 11.0 Å². The van der Waals surface area contributed by atoms with Crippen molar-refractivity contribution in [2.45, 2.75) is 26.3 Å². The Kier molecular flexibility index (Phi) is 6.63. The smallest absolute Gasteiger partial charge is 0.336 e. The highest BCUT2D eigenvalue weighted by Crippen LogP contribution is 2.23. The van der Waals surface area contributed by atoms with Crippen molar-refractivity contribution in [3.05, 3.63) is 111 Å². The van der Waals surface area contributed by atoms with E-state index in [2.05, 4.69) is 4.90 Å². The minimum atomic E-state index is -0.503. The molecule has 0 fully saturated rings. The van der Waals surface area contributed by atoms with Gasteiger partial charge in [0, 0.05) is 30.6 Å². The molecule has 0 amide bonds. The summed E-state index contributed by atoms with van der Waals surface area (Å²) in [7, 11) is 2.00. The molecule has 1 N–H and O–H groups in total. The molecular weight excluding hydrogens is 409 g/mol. The van der Waals surface area contributed by atoms with E-state index in [1.54, 1.807) is 30.3 Å². The number of rotatable bonds is 8. The lowest BCUT2D eigenvalue weighted by Crippen LogP contribution is -2.17. The first-order valence-electron chi connectivity index (χ1n) is 10.3. The van der Waals surface area contributed by atoms with Crippen LogP contribution in [0.4, 0.5) is 4.39 Å². The van der Waals surface area contributed by atoms with Crippen LogP contribution in [0.2, 0.25) is 0 Å². The Balaban J connectivity index is 1.36.